The van der Waals surface area contributed by atoms with E-state index in [0.29, 0.717) is 11.3 Å². The molecule has 0 aliphatic heterocycles. The third-order valence-corrected chi connectivity index (χ3v) is 4.73. The second-order valence-electron chi connectivity index (χ2n) is 6.12. The lowest BCUT2D eigenvalue weighted by Crippen LogP contribution is -2.41. The first kappa shape index (κ1) is 19.9. The molecule has 2 rings (SSSR count). The number of rotatable bonds is 7. The van der Waals surface area contributed by atoms with E-state index in [1.165, 1.54) is 29.5 Å². The van der Waals surface area contributed by atoms with Crippen molar-refractivity contribution >= 4 is 46.4 Å². The van der Waals surface area contributed by atoms with Gasteiger partial charge in [0, 0.05) is 5.56 Å². The van der Waals surface area contributed by atoms with Crippen molar-refractivity contribution in [2.75, 3.05) is 5.32 Å². The van der Waals surface area contributed by atoms with E-state index in [2.05, 4.69) is 10.6 Å². The number of benzene rings is 1. The number of thiophene rings is 1. The predicted octanol–water partition coefficient (Wildman–Crippen LogP) is 3.88. The van der Waals surface area contributed by atoms with Gasteiger partial charge < -0.3 is 15.7 Å². The summed E-state index contributed by atoms with van der Waals surface area (Å²) in [6.07, 6.45) is 0.316. The number of carbonyl (C=O) groups excluding carboxylic acids is 2. The number of aliphatic carboxylic acids is 1. The molecule has 0 bridgehead atoms. The molecule has 1 atom stereocenters. The van der Waals surface area contributed by atoms with Crippen molar-refractivity contribution in [3.8, 4) is 0 Å². The summed E-state index contributed by atoms with van der Waals surface area (Å²) in [4.78, 5) is 36.4. The van der Waals surface area contributed by atoms with Gasteiger partial charge in [0.2, 0.25) is 0 Å². The Balaban J connectivity index is 2.15. The number of carboxylic acid groups (broad SMARTS) is 1. The second-order valence-corrected chi connectivity index (χ2v) is 7.47. The van der Waals surface area contributed by atoms with E-state index in [4.69, 9.17) is 11.6 Å². The minimum absolute atomic E-state index is 0.113. The fourth-order valence-electron chi connectivity index (χ4n) is 2.29. The van der Waals surface area contributed by atoms with Gasteiger partial charge >= 0.3 is 5.97 Å². The third kappa shape index (κ3) is 5.31. The quantitative estimate of drug-likeness (QED) is 0.664. The summed E-state index contributed by atoms with van der Waals surface area (Å²) < 4.78 is 0. The van der Waals surface area contributed by atoms with E-state index < -0.39 is 17.9 Å². The van der Waals surface area contributed by atoms with Crippen LogP contribution in [0.5, 0.6) is 0 Å². The maximum Gasteiger partial charge on any atom is 0.326 e. The van der Waals surface area contributed by atoms with Gasteiger partial charge in [-0.25, -0.2) is 4.79 Å². The van der Waals surface area contributed by atoms with E-state index >= 15 is 0 Å². The molecule has 0 saturated carbocycles. The van der Waals surface area contributed by atoms with Crippen LogP contribution in [0.25, 0.3) is 0 Å². The van der Waals surface area contributed by atoms with Crippen LogP contribution in [0.2, 0.25) is 5.02 Å². The Morgan fingerprint density at radius 1 is 1.19 bits per heavy atom. The molecule has 1 aromatic heterocycles. The molecule has 1 heterocycles. The molecule has 3 N–H and O–H groups in total. The first-order valence-corrected chi connectivity index (χ1v) is 9.21. The van der Waals surface area contributed by atoms with Crippen LogP contribution in [-0.2, 0) is 4.79 Å². The van der Waals surface area contributed by atoms with Crippen molar-refractivity contribution in [1.82, 2.24) is 5.32 Å². The van der Waals surface area contributed by atoms with Gasteiger partial charge in [-0.05, 0) is 42.0 Å². The summed E-state index contributed by atoms with van der Waals surface area (Å²) in [5.41, 5.74) is 0.499. The van der Waals surface area contributed by atoms with Crippen LogP contribution in [-0.4, -0.2) is 28.9 Å². The standard InChI is InChI=1S/C18H19ClN2O4S/c1-10(2)8-14(18(24)25)21-16(22)11-5-6-12(19)13(9-11)20-17(23)15-4-3-7-26-15/h3-7,9-10,14H,8H2,1-2H3,(H,20,23)(H,21,22)(H,24,25). The Labute approximate surface area is 160 Å². The fraction of sp³-hybridized carbons (Fsp3) is 0.278. The lowest BCUT2D eigenvalue weighted by atomic mass is 10.0. The van der Waals surface area contributed by atoms with E-state index in [-0.39, 0.29) is 28.1 Å². The van der Waals surface area contributed by atoms with Gasteiger partial charge in [-0.2, -0.15) is 0 Å². The zero-order valence-electron chi connectivity index (χ0n) is 14.3. The largest absolute Gasteiger partial charge is 0.480 e. The third-order valence-electron chi connectivity index (χ3n) is 3.53. The highest BCUT2D eigenvalue weighted by Crippen LogP contribution is 2.24. The van der Waals surface area contributed by atoms with Gasteiger partial charge in [0.1, 0.15) is 6.04 Å². The Morgan fingerprint density at radius 2 is 1.92 bits per heavy atom. The zero-order valence-corrected chi connectivity index (χ0v) is 15.9. The molecule has 8 heteroatoms. The van der Waals surface area contributed by atoms with Gasteiger partial charge in [0.05, 0.1) is 15.6 Å². The van der Waals surface area contributed by atoms with Gasteiger partial charge in [-0.15, -0.1) is 11.3 Å². The van der Waals surface area contributed by atoms with Crippen LogP contribution in [0, 0.1) is 5.92 Å². The Hall–Kier alpha value is -2.38. The molecule has 0 aliphatic rings. The number of hydrogen-bond acceptors (Lipinski definition) is 4. The molecule has 0 radical (unpaired) electrons. The second kappa shape index (κ2) is 8.82. The molecule has 26 heavy (non-hydrogen) atoms. The van der Waals surface area contributed by atoms with E-state index in [1.807, 2.05) is 13.8 Å². The van der Waals surface area contributed by atoms with Gasteiger partial charge in [0.25, 0.3) is 11.8 Å². The topological polar surface area (TPSA) is 95.5 Å². The monoisotopic (exact) mass is 394 g/mol. The van der Waals surface area contributed by atoms with E-state index in [9.17, 15) is 19.5 Å². The summed E-state index contributed by atoms with van der Waals surface area (Å²) >= 11 is 7.38. The lowest BCUT2D eigenvalue weighted by Gasteiger charge is -2.17. The first-order chi connectivity index (χ1) is 12.3. The van der Waals surface area contributed by atoms with Crippen LogP contribution in [0.15, 0.2) is 35.7 Å². The van der Waals surface area contributed by atoms with Crippen LogP contribution in [0.4, 0.5) is 5.69 Å². The maximum atomic E-state index is 12.4. The molecule has 0 spiro atoms. The van der Waals surface area contributed by atoms with Gasteiger partial charge in [-0.1, -0.05) is 31.5 Å². The highest BCUT2D eigenvalue weighted by molar-refractivity contribution is 7.12. The molecule has 6 nitrogen and oxygen atoms in total. The van der Waals surface area contributed by atoms with Crippen LogP contribution >= 0.6 is 22.9 Å². The SMILES string of the molecule is CC(C)CC(NC(=O)c1ccc(Cl)c(NC(=O)c2cccs2)c1)C(=O)O. The average Bonchev–Trinajstić information content (AvgIpc) is 3.10. The van der Waals surface area contributed by atoms with Crippen LogP contribution in [0.3, 0.4) is 0 Å². The summed E-state index contributed by atoms with van der Waals surface area (Å²) in [6.45, 7) is 3.76. The van der Waals surface area contributed by atoms with Crippen molar-refractivity contribution in [3.63, 3.8) is 0 Å². The fourth-order valence-corrected chi connectivity index (χ4v) is 3.07. The number of hydrogen-bond donors (Lipinski definition) is 3. The average molecular weight is 395 g/mol. The molecule has 1 aromatic carbocycles. The number of halogens is 1. The number of nitrogens with one attached hydrogen (secondary N) is 2. The Bertz CT molecular complexity index is 806. The Kier molecular flexibility index (Phi) is 6.76. The summed E-state index contributed by atoms with van der Waals surface area (Å²) in [5, 5.41) is 16.5. The summed E-state index contributed by atoms with van der Waals surface area (Å²) in [6, 6.07) is 6.84. The maximum absolute atomic E-state index is 12.4. The van der Waals surface area contributed by atoms with Gasteiger partial charge in [0.15, 0.2) is 0 Å². The predicted molar refractivity (Wildman–Crippen MR) is 102 cm³/mol. The molecule has 2 amide bonds. The minimum atomic E-state index is -1.09. The van der Waals surface area contributed by atoms with Gasteiger partial charge in [-0.3, -0.25) is 9.59 Å². The number of anilines is 1. The highest BCUT2D eigenvalue weighted by atomic mass is 35.5. The van der Waals surface area contributed by atoms with E-state index in [1.54, 1.807) is 17.5 Å². The molecule has 0 fully saturated rings. The van der Waals surface area contributed by atoms with Crippen molar-refractivity contribution in [1.29, 1.82) is 0 Å². The molecule has 2 aromatic rings. The lowest BCUT2D eigenvalue weighted by molar-refractivity contribution is -0.139. The zero-order chi connectivity index (χ0) is 19.3. The molecule has 1 unspecified atom stereocenters. The van der Waals surface area contributed by atoms with Crippen molar-refractivity contribution in [3.05, 3.63) is 51.2 Å². The van der Waals surface area contributed by atoms with Crippen LogP contribution in [0.1, 0.15) is 40.3 Å². The first-order valence-electron chi connectivity index (χ1n) is 7.96. The molecule has 0 saturated heterocycles. The van der Waals surface area contributed by atoms with Crippen molar-refractivity contribution in [2.45, 2.75) is 26.3 Å². The molecule has 0 aliphatic carbocycles. The number of carbonyl (C=O) groups is 3. The molecule has 138 valence electrons. The van der Waals surface area contributed by atoms with Crippen LogP contribution < -0.4 is 10.6 Å². The van der Waals surface area contributed by atoms with Crippen molar-refractivity contribution < 1.29 is 19.5 Å². The van der Waals surface area contributed by atoms with E-state index in [0.717, 1.165) is 0 Å². The Morgan fingerprint density at radius 3 is 2.50 bits per heavy atom. The summed E-state index contributed by atoms with van der Waals surface area (Å²) in [7, 11) is 0. The minimum Gasteiger partial charge on any atom is -0.480 e. The molecular weight excluding hydrogens is 376 g/mol. The number of carboxylic acids is 1. The normalized spacial score (nSPS) is 11.8. The summed E-state index contributed by atoms with van der Waals surface area (Å²) in [5.74, 6) is -1.85. The van der Waals surface area contributed by atoms with Crippen molar-refractivity contribution in [2.24, 2.45) is 5.92 Å². The molecular formula is C18H19ClN2O4S. The highest BCUT2D eigenvalue weighted by Gasteiger charge is 2.22. The smallest absolute Gasteiger partial charge is 0.326 e. The number of amides is 2.